The molecule has 0 spiro atoms. The van der Waals surface area contributed by atoms with E-state index in [1.807, 2.05) is 13.1 Å². The molecule has 0 bridgehead atoms. The molecule has 0 fully saturated rings. The van der Waals surface area contributed by atoms with Crippen LogP contribution in [0.5, 0.6) is 0 Å². The highest BCUT2D eigenvalue weighted by atomic mass is 32.1. The molecule has 0 atom stereocenters. The van der Waals surface area contributed by atoms with E-state index in [4.69, 9.17) is 0 Å². The van der Waals surface area contributed by atoms with Crippen LogP contribution in [0.25, 0.3) is 11.3 Å². The Morgan fingerprint density at radius 1 is 1.56 bits per heavy atom. The Labute approximate surface area is 110 Å². The van der Waals surface area contributed by atoms with E-state index in [1.165, 1.54) is 6.20 Å². The lowest BCUT2D eigenvalue weighted by Crippen LogP contribution is -2.25. The largest absolute Gasteiger partial charge is 0.351 e. The van der Waals surface area contributed by atoms with Gasteiger partial charge >= 0.3 is 0 Å². The molecule has 0 unspecified atom stereocenters. The van der Waals surface area contributed by atoms with E-state index in [2.05, 4.69) is 33.2 Å². The van der Waals surface area contributed by atoms with Crippen molar-refractivity contribution in [2.45, 2.75) is 13.5 Å². The predicted molar refractivity (Wildman–Crippen MR) is 71.7 cm³/mol. The maximum Gasteiger partial charge on any atom is 0.255 e. The van der Waals surface area contributed by atoms with E-state index in [0.717, 1.165) is 12.1 Å². The van der Waals surface area contributed by atoms with Gasteiger partial charge in [-0.2, -0.15) is 22.8 Å². The molecular weight excluding hydrogens is 250 g/mol. The fraction of sp³-hybridized carbons (Fsp3) is 0.364. The molecule has 18 heavy (non-hydrogen) atoms. The third-order valence-corrected chi connectivity index (χ3v) is 2.75. The van der Waals surface area contributed by atoms with E-state index in [0.29, 0.717) is 23.6 Å². The number of thiol groups is 1. The average Bonchev–Trinajstić information content (AvgIpc) is 3.03. The molecule has 6 nitrogen and oxygen atoms in total. The molecule has 2 aromatic rings. The standard InChI is InChI=1S/C11H15N5OS/c1-2-16-7-8(5-14-16)10-9(6-13-15-10)11(17)12-3-4-18/h5-7,18H,2-4H2,1H3,(H,12,17)(H,13,15). The first-order chi connectivity index (χ1) is 8.76. The summed E-state index contributed by atoms with van der Waals surface area (Å²) in [6.45, 7) is 3.32. The summed E-state index contributed by atoms with van der Waals surface area (Å²) in [4.78, 5) is 11.9. The number of nitrogens with zero attached hydrogens (tertiary/aromatic N) is 3. The lowest BCUT2D eigenvalue weighted by atomic mass is 10.1. The number of aromatic amines is 1. The third-order valence-electron chi connectivity index (χ3n) is 2.53. The van der Waals surface area contributed by atoms with Crippen molar-refractivity contribution in [2.24, 2.45) is 0 Å². The number of carbonyl (C=O) groups excluding carboxylic acids is 1. The number of hydrogen-bond donors (Lipinski definition) is 3. The SMILES string of the molecule is CCn1cc(-c2[nH]ncc2C(=O)NCCS)cn1. The smallest absolute Gasteiger partial charge is 0.255 e. The predicted octanol–water partition coefficient (Wildman–Crippen LogP) is 0.953. The lowest BCUT2D eigenvalue weighted by Gasteiger charge is -2.02. The fourth-order valence-electron chi connectivity index (χ4n) is 1.61. The van der Waals surface area contributed by atoms with Gasteiger partial charge in [0.15, 0.2) is 0 Å². The van der Waals surface area contributed by atoms with Gasteiger partial charge in [0.25, 0.3) is 5.91 Å². The zero-order valence-electron chi connectivity index (χ0n) is 10.1. The number of carbonyl (C=O) groups is 1. The van der Waals surface area contributed by atoms with Crippen LogP contribution in [0.2, 0.25) is 0 Å². The van der Waals surface area contributed by atoms with Crippen LogP contribution in [0.4, 0.5) is 0 Å². The van der Waals surface area contributed by atoms with Gasteiger partial charge in [0.2, 0.25) is 0 Å². The van der Waals surface area contributed by atoms with Crippen molar-refractivity contribution >= 4 is 18.5 Å². The quantitative estimate of drug-likeness (QED) is 0.705. The molecular formula is C11H15N5OS. The second-order valence-electron chi connectivity index (χ2n) is 3.72. The van der Waals surface area contributed by atoms with Gasteiger partial charge in [-0.25, -0.2) is 0 Å². The lowest BCUT2D eigenvalue weighted by molar-refractivity contribution is 0.0957. The molecule has 96 valence electrons. The normalized spacial score (nSPS) is 10.6. The second kappa shape index (κ2) is 5.72. The second-order valence-corrected chi connectivity index (χ2v) is 4.17. The summed E-state index contributed by atoms with van der Waals surface area (Å²) < 4.78 is 1.80. The molecule has 2 heterocycles. The summed E-state index contributed by atoms with van der Waals surface area (Å²) in [5, 5.41) is 13.7. The minimum absolute atomic E-state index is 0.156. The van der Waals surface area contributed by atoms with Gasteiger partial charge in [-0.3, -0.25) is 14.6 Å². The Morgan fingerprint density at radius 2 is 2.39 bits per heavy atom. The first kappa shape index (κ1) is 12.7. The van der Waals surface area contributed by atoms with Crippen molar-refractivity contribution in [3.63, 3.8) is 0 Å². The summed E-state index contributed by atoms with van der Waals surface area (Å²) in [6, 6.07) is 0. The van der Waals surface area contributed by atoms with Crippen molar-refractivity contribution in [3.8, 4) is 11.3 Å². The number of aryl methyl sites for hydroxylation is 1. The van der Waals surface area contributed by atoms with Crippen LogP contribution < -0.4 is 5.32 Å². The Kier molecular flexibility index (Phi) is 4.03. The molecule has 7 heteroatoms. The van der Waals surface area contributed by atoms with E-state index >= 15 is 0 Å². The van der Waals surface area contributed by atoms with Gasteiger partial charge in [-0.15, -0.1) is 0 Å². The van der Waals surface area contributed by atoms with E-state index in [-0.39, 0.29) is 5.91 Å². The van der Waals surface area contributed by atoms with E-state index in [9.17, 15) is 4.79 Å². The number of amides is 1. The topological polar surface area (TPSA) is 75.6 Å². The molecule has 0 saturated heterocycles. The van der Waals surface area contributed by atoms with Crippen LogP contribution >= 0.6 is 12.6 Å². The highest BCUT2D eigenvalue weighted by molar-refractivity contribution is 7.80. The minimum Gasteiger partial charge on any atom is -0.351 e. The zero-order valence-corrected chi connectivity index (χ0v) is 10.9. The van der Waals surface area contributed by atoms with Crippen LogP contribution in [0, 0.1) is 0 Å². The van der Waals surface area contributed by atoms with Gasteiger partial charge in [-0.1, -0.05) is 0 Å². The summed E-state index contributed by atoms with van der Waals surface area (Å²) in [5.41, 5.74) is 2.06. The van der Waals surface area contributed by atoms with Crippen molar-refractivity contribution in [1.29, 1.82) is 0 Å². The molecule has 2 N–H and O–H groups in total. The zero-order chi connectivity index (χ0) is 13.0. The molecule has 2 aromatic heterocycles. The number of H-pyrrole nitrogens is 1. The van der Waals surface area contributed by atoms with Gasteiger partial charge in [-0.05, 0) is 6.92 Å². The molecule has 0 saturated carbocycles. The first-order valence-electron chi connectivity index (χ1n) is 5.71. The summed E-state index contributed by atoms with van der Waals surface area (Å²) in [5.74, 6) is 0.448. The average molecular weight is 265 g/mol. The van der Waals surface area contributed by atoms with E-state index < -0.39 is 0 Å². The monoisotopic (exact) mass is 265 g/mol. The van der Waals surface area contributed by atoms with Crippen molar-refractivity contribution in [3.05, 3.63) is 24.2 Å². The molecule has 0 aliphatic rings. The molecule has 1 amide bonds. The van der Waals surface area contributed by atoms with Crippen molar-refractivity contribution < 1.29 is 4.79 Å². The number of aromatic nitrogens is 4. The number of nitrogens with one attached hydrogen (secondary N) is 2. The molecule has 0 radical (unpaired) electrons. The minimum atomic E-state index is -0.156. The Balaban J connectivity index is 2.24. The molecule has 0 aliphatic carbocycles. The van der Waals surface area contributed by atoms with Crippen LogP contribution in [0.15, 0.2) is 18.6 Å². The third kappa shape index (κ3) is 2.56. The van der Waals surface area contributed by atoms with Gasteiger partial charge in [0.05, 0.1) is 23.7 Å². The Bertz CT molecular complexity index is 533. The van der Waals surface area contributed by atoms with Crippen LogP contribution in [-0.2, 0) is 6.54 Å². The number of rotatable bonds is 5. The summed E-state index contributed by atoms with van der Waals surface area (Å²) in [7, 11) is 0. The van der Waals surface area contributed by atoms with Gasteiger partial charge in [0.1, 0.15) is 0 Å². The Hall–Kier alpha value is -1.76. The van der Waals surface area contributed by atoms with Crippen LogP contribution in [0.3, 0.4) is 0 Å². The first-order valence-corrected chi connectivity index (χ1v) is 6.34. The van der Waals surface area contributed by atoms with E-state index in [1.54, 1.807) is 10.9 Å². The van der Waals surface area contributed by atoms with Crippen molar-refractivity contribution in [2.75, 3.05) is 12.3 Å². The molecule has 0 aliphatic heterocycles. The van der Waals surface area contributed by atoms with Crippen LogP contribution in [-0.4, -0.2) is 38.2 Å². The highest BCUT2D eigenvalue weighted by Crippen LogP contribution is 2.20. The van der Waals surface area contributed by atoms with Crippen LogP contribution in [0.1, 0.15) is 17.3 Å². The number of hydrogen-bond acceptors (Lipinski definition) is 4. The van der Waals surface area contributed by atoms with Crippen molar-refractivity contribution in [1.82, 2.24) is 25.3 Å². The maximum absolute atomic E-state index is 11.9. The molecule has 0 aromatic carbocycles. The Morgan fingerprint density at radius 3 is 3.06 bits per heavy atom. The molecule has 2 rings (SSSR count). The fourth-order valence-corrected chi connectivity index (χ4v) is 1.72. The van der Waals surface area contributed by atoms with Gasteiger partial charge in [0, 0.05) is 30.6 Å². The maximum atomic E-state index is 11.9. The van der Waals surface area contributed by atoms with Gasteiger partial charge < -0.3 is 5.32 Å². The summed E-state index contributed by atoms with van der Waals surface area (Å²) in [6.07, 6.45) is 5.11. The summed E-state index contributed by atoms with van der Waals surface area (Å²) >= 11 is 4.05. The highest BCUT2D eigenvalue weighted by Gasteiger charge is 2.15.